The number of benzene rings is 6. The molecule has 0 radical (unpaired) electrons. The van der Waals surface area contributed by atoms with Crippen molar-refractivity contribution in [2.75, 3.05) is 0 Å². The third kappa shape index (κ3) is 3.61. The van der Waals surface area contributed by atoms with Gasteiger partial charge in [0.1, 0.15) is 5.65 Å². The van der Waals surface area contributed by atoms with Crippen LogP contribution < -0.4 is 0 Å². The highest BCUT2D eigenvalue weighted by molar-refractivity contribution is 7.99. The minimum atomic E-state index is 0.727. The van der Waals surface area contributed by atoms with Gasteiger partial charge in [-0.3, -0.25) is 9.13 Å². The van der Waals surface area contributed by atoms with Crippen LogP contribution in [0.15, 0.2) is 155 Å². The maximum Gasteiger partial charge on any atom is 0.160 e. The van der Waals surface area contributed by atoms with Gasteiger partial charge in [-0.15, -0.1) is 11.3 Å². The van der Waals surface area contributed by atoms with Crippen LogP contribution in [0.3, 0.4) is 0 Å². The van der Waals surface area contributed by atoms with Crippen molar-refractivity contribution in [1.29, 1.82) is 0 Å². The average molecular weight is 649 g/mol. The minimum absolute atomic E-state index is 0.727. The Balaban J connectivity index is 1.21. The molecule has 11 rings (SSSR count). The summed E-state index contributed by atoms with van der Waals surface area (Å²) in [5.74, 6) is 0.727. The van der Waals surface area contributed by atoms with Gasteiger partial charge in [-0.2, -0.15) is 0 Å². The van der Waals surface area contributed by atoms with Crippen LogP contribution >= 0.6 is 23.1 Å². The lowest BCUT2D eigenvalue weighted by molar-refractivity contribution is 1.03. The summed E-state index contributed by atoms with van der Waals surface area (Å²) in [6.07, 6.45) is 0. The lowest BCUT2D eigenvalue weighted by Crippen LogP contribution is -2.05. The third-order valence-electron chi connectivity index (χ3n) is 9.51. The lowest BCUT2D eigenvalue weighted by Gasteiger charge is -2.21. The summed E-state index contributed by atoms with van der Waals surface area (Å²) in [5, 5.41) is 4.97. The summed E-state index contributed by atoms with van der Waals surface area (Å²) in [5.41, 5.74) is 9.97. The van der Waals surface area contributed by atoms with Crippen molar-refractivity contribution in [3.05, 3.63) is 146 Å². The van der Waals surface area contributed by atoms with E-state index in [4.69, 9.17) is 9.97 Å². The summed E-state index contributed by atoms with van der Waals surface area (Å²) >= 11 is 3.62. The van der Waals surface area contributed by atoms with Crippen LogP contribution in [-0.2, 0) is 0 Å². The van der Waals surface area contributed by atoms with Crippen molar-refractivity contribution in [3.63, 3.8) is 0 Å². The topological polar surface area (TPSA) is 35.6 Å². The molecule has 0 fully saturated rings. The van der Waals surface area contributed by atoms with Crippen LogP contribution in [0.5, 0.6) is 0 Å². The molecule has 0 N–H and O–H groups in total. The normalized spacial score (nSPS) is 12.5. The zero-order valence-corrected chi connectivity index (χ0v) is 27.1. The molecule has 0 amide bonds. The van der Waals surface area contributed by atoms with Crippen molar-refractivity contribution in [3.8, 4) is 34.0 Å². The Morgan fingerprint density at radius 1 is 0.542 bits per heavy atom. The number of thiophene rings is 1. The summed E-state index contributed by atoms with van der Waals surface area (Å²) in [4.78, 5) is 13.1. The second kappa shape index (κ2) is 9.91. The van der Waals surface area contributed by atoms with E-state index in [9.17, 15) is 0 Å². The summed E-state index contributed by atoms with van der Waals surface area (Å²) in [6, 6.07) is 52.0. The standard InChI is InChI=1S/C42H24N4S2/c1-2-12-25(13-3-1)37-40-38(29-17-5-8-21-33(29)48-40)44-41(43-37)26-14-10-15-27(24-26)45-31-19-6-4-16-28(31)36-30-18-11-23-35-39(30)46(42(36)45)32-20-7-9-22-34(32)47-35/h1-24H. The van der Waals surface area contributed by atoms with Crippen molar-refractivity contribution in [2.45, 2.75) is 9.79 Å². The molecule has 0 saturated heterocycles. The van der Waals surface area contributed by atoms with Gasteiger partial charge in [0.25, 0.3) is 0 Å². The van der Waals surface area contributed by atoms with Crippen LogP contribution in [0.2, 0.25) is 0 Å². The first-order valence-corrected chi connectivity index (χ1v) is 17.6. The number of aromatic nitrogens is 4. The minimum Gasteiger partial charge on any atom is -0.295 e. The van der Waals surface area contributed by atoms with E-state index >= 15 is 0 Å². The van der Waals surface area contributed by atoms with Gasteiger partial charge in [0.05, 0.1) is 32.6 Å². The highest BCUT2D eigenvalue weighted by atomic mass is 32.2. The second-order valence-electron chi connectivity index (χ2n) is 12.2. The molecule has 1 aliphatic rings. The zero-order valence-electron chi connectivity index (χ0n) is 25.5. The SMILES string of the molecule is c1ccc(-c2nc(-c3cccc(-n4c5ccccc5c5c6cccc7c6n(c54)-c4ccccc4S7)c3)nc3c2sc2ccccc23)cc1. The largest absolute Gasteiger partial charge is 0.295 e. The maximum atomic E-state index is 5.28. The number of rotatable bonds is 3. The summed E-state index contributed by atoms with van der Waals surface area (Å²) < 4.78 is 7.25. The Kier molecular flexibility index (Phi) is 5.45. The molecule has 4 nitrogen and oxygen atoms in total. The molecular formula is C42H24N4S2. The van der Waals surface area contributed by atoms with Crippen LogP contribution in [0.25, 0.3) is 87.2 Å². The van der Waals surface area contributed by atoms with Crippen molar-refractivity contribution in [2.24, 2.45) is 0 Å². The monoisotopic (exact) mass is 648 g/mol. The van der Waals surface area contributed by atoms with E-state index < -0.39 is 0 Å². The Morgan fingerprint density at radius 2 is 1.27 bits per heavy atom. The van der Waals surface area contributed by atoms with Crippen LogP contribution in [0, 0.1) is 0 Å². The maximum absolute atomic E-state index is 5.28. The average Bonchev–Trinajstić information content (AvgIpc) is 3.81. The molecule has 0 aliphatic carbocycles. The number of fused-ring (bicyclic) bond motifs is 10. The van der Waals surface area contributed by atoms with Gasteiger partial charge < -0.3 is 0 Å². The highest BCUT2D eigenvalue weighted by Crippen LogP contribution is 2.49. The molecule has 1 aliphatic heterocycles. The quantitative estimate of drug-likeness (QED) is 0.191. The summed E-state index contributed by atoms with van der Waals surface area (Å²) in [7, 11) is 0. The molecule has 0 saturated carbocycles. The molecule has 6 heteroatoms. The first-order chi connectivity index (χ1) is 23.8. The molecule has 0 spiro atoms. The van der Waals surface area contributed by atoms with Crippen LogP contribution in [0.1, 0.15) is 0 Å². The van der Waals surface area contributed by atoms with Crippen LogP contribution in [-0.4, -0.2) is 19.1 Å². The molecule has 48 heavy (non-hydrogen) atoms. The molecule has 0 bridgehead atoms. The molecule has 10 aromatic rings. The fourth-order valence-corrected chi connectivity index (χ4v) is 9.73. The van der Waals surface area contributed by atoms with E-state index in [1.54, 1.807) is 11.3 Å². The predicted octanol–water partition coefficient (Wildman–Crippen LogP) is 11.7. The predicted molar refractivity (Wildman–Crippen MR) is 201 cm³/mol. The zero-order chi connectivity index (χ0) is 31.3. The smallest absolute Gasteiger partial charge is 0.160 e. The molecule has 6 aromatic carbocycles. The molecule has 0 atom stereocenters. The van der Waals surface area contributed by atoms with Gasteiger partial charge in [-0.25, -0.2) is 9.97 Å². The Bertz CT molecular complexity index is 2930. The first-order valence-electron chi connectivity index (χ1n) is 16.0. The van der Waals surface area contributed by atoms with Gasteiger partial charge in [-0.1, -0.05) is 115 Å². The van der Waals surface area contributed by atoms with Crippen molar-refractivity contribution < 1.29 is 0 Å². The Hall–Kier alpha value is -5.69. The molecule has 5 heterocycles. The van der Waals surface area contributed by atoms with Gasteiger partial charge in [-0.05, 0) is 42.5 Å². The van der Waals surface area contributed by atoms with Crippen LogP contribution in [0.4, 0.5) is 0 Å². The van der Waals surface area contributed by atoms with E-state index in [2.05, 4.69) is 155 Å². The molecule has 224 valence electrons. The van der Waals surface area contributed by atoms with Crippen molar-refractivity contribution in [1.82, 2.24) is 19.1 Å². The van der Waals surface area contributed by atoms with Gasteiger partial charge in [0.15, 0.2) is 5.82 Å². The first kappa shape index (κ1) is 26.4. The van der Waals surface area contributed by atoms with E-state index in [-0.39, 0.29) is 0 Å². The summed E-state index contributed by atoms with van der Waals surface area (Å²) in [6.45, 7) is 0. The molecule has 4 aromatic heterocycles. The van der Waals surface area contributed by atoms with E-state index in [0.717, 1.165) is 38.5 Å². The van der Waals surface area contributed by atoms with E-state index in [1.165, 1.54) is 58.4 Å². The number of para-hydroxylation sites is 3. The number of nitrogens with zero attached hydrogens (tertiary/aromatic N) is 4. The third-order valence-corrected chi connectivity index (χ3v) is 11.8. The molecule has 0 unspecified atom stereocenters. The number of hydrogen-bond donors (Lipinski definition) is 0. The van der Waals surface area contributed by atoms with Gasteiger partial charge in [0.2, 0.25) is 0 Å². The fourth-order valence-electron chi connectivity index (χ4n) is 7.49. The Morgan fingerprint density at radius 3 is 2.21 bits per heavy atom. The second-order valence-corrected chi connectivity index (χ2v) is 14.3. The van der Waals surface area contributed by atoms with Gasteiger partial charge >= 0.3 is 0 Å². The fraction of sp³-hybridized carbons (Fsp3) is 0. The Labute approximate surface area is 283 Å². The molecular weight excluding hydrogens is 625 g/mol. The van der Waals surface area contributed by atoms with Gasteiger partial charge in [0, 0.05) is 52.9 Å². The number of hydrogen-bond acceptors (Lipinski definition) is 4. The lowest BCUT2D eigenvalue weighted by atomic mass is 10.1. The van der Waals surface area contributed by atoms with Crippen molar-refractivity contribution >= 4 is 76.2 Å². The highest BCUT2D eigenvalue weighted by Gasteiger charge is 2.27. The van der Waals surface area contributed by atoms with E-state index in [1.807, 2.05) is 11.8 Å². The van der Waals surface area contributed by atoms with E-state index in [0.29, 0.717) is 0 Å².